The number of benzene rings is 2. The standard InChI is InChI=1S/C18H17N5O/c1-11(12-3-6-15-17(7-12)21-9-19-15)23-18-14-5-4-13(24-2)8-16(14)20-10-22-18/h3-11H,1-2H3,(H,19,21)(H,20,22,23). The summed E-state index contributed by atoms with van der Waals surface area (Å²) >= 11 is 0. The number of hydrogen-bond donors (Lipinski definition) is 2. The number of hydrogen-bond acceptors (Lipinski definition) is 5. The lowest BCUT2D eigenvalue weighted by molar-refractivity contribution is 0.415. The van der Waals surface area contributed by atoms with Gasteiger partial charge >= 0.3 is 0 Å². The van der Waals surface area contributed by atoms with Gasteiger partial charge in [0.15, 0.2) is 0 Å². The van der Waals surface area contributed by atoms with E-state index in [1.807, 2.05) is 24.3 Å². The topological polar surface area (TPSA) is 75.7 Å². The molecule has 0 saturated heterocycles. The lowest BCUT2D eigenvalue weighted by Gasteiger charge is -2.16. The highest BCUT2D eigenvalue weighted by Gasteiger charge is 2.11. The molecule has 2 N–H and O–H groups in total. The molecule has 0 aliphatic heterocycles. The highest BCUT2D eigenvalue weighted by molar-refractivity contribution is 5.90. The average Bonchev–Trinajstić information content (AvgIpc) is 3.09. The molecule has 2 aromatic carbocycles. The lowest BCUT2D eigenvalue weighted by atomic mass is 10.1. The minimum Gasteiger partial charge on any atom is -0.497 e. The zero-order valence-corrected chi connectivity index (χ0v) is 13.4. The largest absolute Gasteiger partial charge is 0.497 e. The summed E-state index contributed by atoms with van der Waals surface area (Å²) in [5, 5.41) is 4.43. The number of aromatic nitrogens is 4. The molecule has 0 spiro atoms. The van der Waals surface area contributed by atoms with Gasteiger partial charge in [-0.2, -0.15) is 0 Å². The Morgan fingerprint density at radius 3 is 2.83 bits per heavy atom. The molecular formula is C18H17N5O. The fraction of sp³-hybridized carbons (Fsp3) is 0.167. The van der Waals surface area contributed by atoms with Crippen molar-refractivity contribution in [1.29, 1.82) is 0 Å². The first-order chi connectivity index (χ1) is 11.7. The number of imidazole rings is 1. The number of methoxy groups -OCH3 is 1. The molecule has 0 bridgehead atoms. The summed E-state index contributed by atoms with van der Waals surface area (Å²) in [6, 6.07) is 12.1. The summed E-state index contributed by atoms with van der Waals surface area (Å²) in [4.78, 5) is 16.1. The van der Waals surface area contributed by atoms with Crippen LogP contribution in [-0.4, -0.2) is 27.0 Å². The van der Waals surface area contributed by atoms with E-state index < -0.39 is 0 Å². The van der Waals surface area contributed by atoms with Gasteiger partial charge in [0.2, 0.25) is 0 Å². The van der Waals surface area contributed by atoms with Gasteiger partial charge in [0.25, 0.3) is 0 Å². The third kappa shape index (κ3) is 2.52. The Hall–Kier alpha value is -3.15. The second kappa shape index (κ2) is 5.81. The zero-order valence-electron chi connectivity index (χ0n) is 13.4. The molecule has 0 amide bonds. The predicted octanol–water partition coefficient (Wildman–Crippen LogP) is 3.69. The van der Waals surface area contributed by atoms with E-state index in [1.165, 1.54) is 0 Å². The summed E-state index contributed by atoms with van der Waals surface area (Å²) in [6.07, 6.45) is 3.27. The van der Waals surface area contributed by atoms with Gasteiger partial charge in [-0.05, 0) is 36.8 Å². The van der Waals surface area contributed by atoms with Crippen molar-refractivity contribution in [2.24, 2.45) is 0 Å². The number of anilines is 1. The van der Waals surface area contributed by atoms with Gasteiger partial charge in [-0.1, -0.05) is 6.07 Å². The van der Waals surface area contributed by atoms with Crippen LogP contribution in [0.2, 0.25) is 0 Å². The van der Waals surface area contributed by atoms with Gasteiger partial charge in [-0.3, -0.25) is 0 Å². The molecule has 2 aromatic heterocycles. The van der Waals surface area contributed by atoms with Gasteiger partial charge in [0.1, 0.15) is 17.9 Å². The van der Waals surface area contributed by atoms with Gasteiger partial charge in [0, 0.05) is 11.5 Å². The van der Waals surface area contributed by atoms with Crippen molar-refractivity contribution in [1.82, 2.24) is 19.9 Å². The highest BCUT2D eigenvalue weighted by Crippen LogP contribution is 2.27. The average molecular weight is 319 g/mol. The molecule has 0 aliphatic rings. The molecule has 1 atom stereocenters. The number of rotatable bonds is 4. The van der Waals surface area contributed by atoms with E-state index in [0.717, 1.165) is 39.1 Å². The summed E-state index contributed by atoms with van der Waals surface area (Å²) in [6.45, 7) is 2.11. The number of nitrogens with zero attached hydrogens (tertiary/aromatic N) is 3. The van der Waals surface area contributed by atoms with Gasteiger partial charge in [0.05, 0.1) is 36.0 Å². The highest BCUT2D eigenvalue weighted by atomic mass is 16.5. The maximum Gasteiger partial charge on any atom is 0.137 e. The number of fused-ring (bicyclic) bond motifs is 2. The van der Waals surface area contributed by atoms with E-state index >= 15 is 0 Å². The van der Waals surface area contributed by atoms with E-state index in [9.17, 15) is 0 Å². The quantitative estimate of drug-likeness (QED) is 0.600. The predicted molar refractivity (Wildman–Crippen MR) is 94.2 cm³/mol. The van der Waals surface area contributed by atoms with Crippen molar-refractivity contribution in [3.05, 3.63) is 54.6 Å². The van der Waals surface area contributed by atoms with Crippen LogP contribution in [-0.2, 0) is 0 Å². The van der Waals surface area contributed by atoms with Gasteiger partial charge < -0.3 is 15.0 Å². The van der Waals surface area contributed by atoms with E-state index in [4.69, 9.17) is 4.74 Å². The second-order valence-corrected chi connectivity index (χ2v) is 5.65. The zero-order chi connectivity index (χ0) is 16.5. The molecule has 4 aromatic rings. The number of H-pyrrole nitrogens is 1. The Morgan fingerprint density at radius 1 is 1.04 bits per heavy atom. The molecule has 120 valence electrons. The van der Waals surface area contributed by atoms with Crippen LogP contribution in [0.15, 0.2) is 49.1 Å². The molecule has 0 saturated carbocycles. The van der Waals surface area contributed by atoms with Crippen LogP contribution in [0.3, 0.4) is 0 Å². The van der Waals surface area contributed by atoms with Crippen LogP contribution >= 0.6 is 0 Å². The molecule has 2 heterocycles. The molecule has 4 rings (SSSR count). The molecular weight excluding hydrogens is 302 g/mol. The molecule has 0 radical (unpaired) electrons. The van der Waals surface area contributed by atoms with E-state index in [1.54, 1.807) is 19.8 Å². The summed E-state index contributed by atoms with van der Waals surface area (Å²) in [5.41, 5.74) is 4.00. The monoisotopic (exact) mass is 319 g/mol. The normalized spacial score (nSPS) is 12.4. The maximum absolute atomic E-state index is 5.26. The minimum atomic E-state index is 0.0953. The first-order valence-corrected chi connectivity index (χ1v) is 7.73. The lowest BCUT2D eigenvalue weighted by Crippen LogP contribution is -2.08. The minimum absolute atomic E-state index is 0.0953. The summed E-state index contributed by atoms with van der Waals surface area (Å²) in [5.74, 6) is 1.59. The fourth-order valence-electron chi connectivity index (χ4n) is 2.79. The third-order valence-electron chi connectivity index (χ3n) is 4.14. The first-order valence-electron chi connectivity index (χ1n) is 7.73. The van der Waals surface area contributed by atoms with Crippen molar-refractivity contribution in [3.8, 4) is 5.75 Å². The van der Waals surface area contributed by atoms with E-state index in [2.05, 4.69) is 44.3 Å². The van der Waals surface area contributed by atoms with E-state index in [-0.39, 0.29) is 6.04 Å². The van der Waals surface area contributed by atoms with Crippen molar-refractivity contribution in [2.45, 2.75) is 13.0 Å². The molecule has 24 heavy (non-hydrogen) atoms. The molecule has 6 heteroatoms. The first kappa shape index (κ1) is 14.4. The Labute approximate surface area is 138 Å². The number of nitrogens with one attached hydrogen (secondary N) is 2. The Bertz CT molecular complexity index is 1010. The van der Waals surface area contributed by atoms with Crippen LogP contribution < -0.4 is 10.1 Å². The van der Waals surface area contributed by atoms with Gasteiger partial charge in [-0.15, -0.1) is 0 Å². The van der Waals surface area contributed by atoms with Crippen LogP contribution in [0.25, 0.3) is 21.9 Å². The fourth-order valence-corrected chi connectivity index (χ4v) is 2.79. The van der Waals surface area contributed by atoms with Crippen molar-refractivity contribution < 1.29 is 4.74 Å². The van der Waals surface area contributed by atoms with Crippen LogP contribution in [0, 0.1) is 0 Å². The number of ether oxygens (including phenoxy) is 1. The van der Waals surface area contributed by atoms with Crippen molar-refractivity contribution >= 4 is 27.8 Å². The smallest absolute Gasteiger partial charge is 0.137 e. The van der Waals surface area contributed by atoms with E-state index in [0.29, 0.717) is 0 Å². The molecule has 0 aliphatic carbocycles. The summed E-state index contributed by atoms with van der Waals surface area (Å²) in [7, 11) is 1.65. The molecule has 6 nitrogen and oxygen atoms in total. The third-order valence-corrected chi connectivity index (χ3v) is 4.14. The molecule has 0 fully saturated rings. The Balaban J connectivity index is 1.67. The van der Waals surface area contributed by atoms with Crippen LogP contribution in [0.5, 0.6) is 5.75 Å². The SMILES string of the molecule is COc1ccc2c(NC(C)c3ccc4nc[nH]c4c3)ncnc2c1. The maximum atomic E-state index is 5.26. The van der Waals surface area contributed by atoms with Crippen LogP contribution in [0.4, 0.5) is 5.82 Å². The van der Waals surface area contributed by atoms with Gasteiger partial charge in [-0.25, -0.2) is 15.0 Å². The molecule has 1 unspecified atom stereocenters. The van der Waals surface area contributed by atoms with Crippen LogP contribution in [0.1, 0.15) is 18.5 Å². The summed E-state index contributed by atoms with van der Waals surface area (Å²) < 4.78 is 5.26. The second-order valence-electron chi connectivity index (χ2n) is 5.65. The Morgan fingerprint density at radius 2 is 1.96 bits per heavy atom. The van der Waals surface area contributed by atoms with Crippen molar-refractivity contribution in [3.63, 3.8) is 0 Å². The number of aromatic amines is 1. The Kier molecular flexibility index (Phi) is 3.49. The van der Waals surface area contributed by atoms with Crippen molar-refractivity contribution in [2.75, 3.05) is 12.4 Å².